The predicted molar refractivity (Wildman–Crippen MR) is 95.7 cm³/mol. The average molecular weight is 367 g/mol. The van der Waals surface area contributed by atoms with Gasteiger partial charge >= 0.3 is 6.03 Å². The van der Waals surface area contributed by atoms with Crippen LogP contribution in [0, 0.1) is 19.7 Å². The molecule has 0 aliphatic heterocycles. The lowest BCUT2D eigenvalue weighted by atomic mass is 10.1. The predicted octanol–water partition coefficient (Wildman–Crippen LogP) is 3.28. The highest BCUT2D eigenvalue weighted by molar-refractivity contribution is 6.31. The number of urea groups is 1. The lowest BCUT2D eigenvalue weighted by Gasteiger charge is -2.23. The largest absolute Gasteiger partial charge is 0.488 e. The van der Waals surface area contributed by atoms with Gasteiger partial charge in [0.1, 0.15) is 18.2 Å². The minimum atomic E-state index is -0.693. The van der Waals surface area contributed by atoms with Crippen molar-refractivity contribution in [1.29, 1.82) is 0 Å². The third kappa shape index (κ3) is 4.19. The summed E-state index contributed by atoms with van der Waals surface area (Å²) in [5.74, 6) is 11.1. The number of nitrogens with two attached hydrogens (primary N) is 2. The second kappa shape index (κ2) is 7.69. The second-order valence-electron chi connectivity index (χ2n) is 5.66. The van der Waals surface area contributed by atoms with Crippen LogP contribution in [0.2, 0.25) is 5.02 Å². The Hall–Kier alpha value is -2.35. The number of carbonyl (C=O) groups is 1. The Kier molecular flexibility index (Phi) is 5.84. The topological polar surface area (TPSA) is 84.8 Å². The number of halogens is 2. The molecule has 0 atom stereocenters. The Bertz CT molecular complexity index is 798. The number of nitrogens with zero attached hydrogens (tertiary/aromatic N) is 2. The number of ether oxygens (including phenoxy) is 1. The van der Waals surface area contributed by atoms with Gasteiger partial charge in [0.25, 0.3) is 0 Å². The Labute approximate surface area is 150 Å². The molecule has 4 N–H and O–H groups in total. The van der Waals surface area contributed by atoms with E-state index < -0.39 is 11.8 Å². The van der Waals surface area contributed by atoms with Crippen LogP contribution >= 0.6 is 11.6 Å². The first kappa shape index (κ1) is 19.0. The molecule has 0 heterocycles. The van der Waals surface area contributed by atoms with Gasteiger partial charge in [-0.1, -0.05) is 23.7 Å². The Morgan fingerprint density at radius 1 is 1.24 bits per heavy atom. The Balaban J connectivity index is 2.31. The van der Waals surface area contributed by atoms with Gasteiger partial charge in [-0.05, 0) is 43.2 Å². The van der Waals surface area contributed by atoms with Crippen LogP contribution in [0.5, 0.6) is 5.75 Å². The van der Waals surface area contributed by atoms with Crippen LogP contribution in [-0.2, 0) is 6.61 Å². The maximum absolute atomic E-state index is 14.3. The molecule has 0 spiro atoms. The Morgan fingerprint density at radius 3 is 2.56 bits per heavy atom. The van der Waals surface area contributed by atoms with E-state index in [-0.39, 0.29) is 17.9 Å². The van der Waals surface area contributed by atoms with Gasteiger partial charge in [-0.15, -0.1) is 0 Å². The number of amides is 2. The van der Waals surface area contributed by atoms with Crippen molar-refractivity contribution >= 4 is 23.3 Å². The van der Waals surface area contributed by atoms with Crippen LogP contribution in [0.25, 0.3) is 0 Å². The van der Waals surface area contributed by atoms with Gasteiger partial charge in [-0.3, -0.25) is 5.01 Å². The molecule has 134 valence electrons. The molecule has 0 saturated heterocycles. The van der Waals surface area contributed by atoms with E-state index in [1.165, 1.54) is 25.2 Å². The number of hydrogen-bond acceptors (Lipinski definition) is 4. The van der Waals surface area contributed by atoms with Gasteiger partial charge in [-0.2, -0.15) is 0 Å². The molecule has 2 amide bonds. The first-order chi connectivity index (χ1) is 11.7. The van der Waals surface area contributed by atoms with Crippen molar-refractivity contribution in [2.75, 3.05) is 12.1 Å². The van der Waals surface area contributed by atoms with E-state index in [9.17, 15) is 9.18 Å². The maximum atomic E-state index is 14.3. The number of anilines is 1. The smallest absolute Gasteiger partial charge is 0.352 e. The summed E-state index contributed by atoms with van der Waals surface area (Å²) in [4.78, 5) is 11.9. The molecule has 8 heteroatoms. The fourth-order valence-corrected chi connectivity index (χ4v) is 2.46. The van der Waals surface area contributed by atoms with E-state index in [1.807, 2.05) is 19.9 Å². The molecule has 0 radical (unpaired) electrons. The number of carbonyl (C=O) groups excluding carboxylic acids is 1. The van der Waals surface area contributed by atoms with Crippen molar-refractivity contribution in [2.45, 2.75) is 20.5 Å². The number of rotatable bonds is 4. The number of hydrazine groups is 2. The van der Waals surface area contributed by atoms with Crippen LogP contribution < -0.4 is 21.4 Å². The van der Waals surface area contributed by atoms with Crippen LogP contribution in [0.1, 0.15) is 16.7 Å². The summed E-state index contributed by atoms with van der Waals surface area (Å²) in [7, 11) is 1.34. The van der Waals surface area contributed by atoms with E-state index >= 15 is 0 Å². The summed E-state index contributed by atoms with van der Waals surface area (Å²) in [6, 6.07) is 7.08. The lowest BCUT2D eigenvalue weighted by molar-refractivity contribution is 0.216. The average Bonchev–Trinajstić information content (AvgIpc) is 2.56. The van der Waals surface area contributed by atoms with Crippen molar-refractivity contribution in [1.82, 2.24) is 5.01 Å². The second-order valence-corrected chi connectivity index (χ2v) is 6.06. The molecule has 25 heavy (non-hydrogen) atoms. The van der Waals surface area contributed by atoms with Crippen molar-refractivity contribution in [3.8, 4) is 5.75 Å². The van der Waals surface area contributed by atoms with Crippen molar-refractivity contribution in [3.05, 3.63) is 57.9 Å². The Morgan fingerprint density at radius 2 is 1.92 bits per heavy atom. The molecule has 2 aromatic carbocycles. The molecule has 0 aliphatic carbocycles. The van der Waals surface area contributed by atoms with Crippen LogP contribution in [0.15, 0.2) is 30.3 Å². The quantitative estimate of drug-likeness (QED) is 0.494. The SMILES string of the molecule is Cc1cc(C)c(OCc2c(F)cccc2N(N)C(=O)N(C)N)cc1Cl. The summed E-state index contributed by atoms with van der Waals surface area (Å²) >= 11 is 6.11. The van der Waals surface area contributed by atoms with E-state index in [0.29, 0.717) is 10.8 Å². The van der Waals surface area contributed by atoms with E-state index in [2.05, 4.69) is 0 Å². The van der Waals surface area contributed by atoms with E-state index in [4.69, 9.17) is 28.0 Å². The zero-order valence-corrected chi connectivity index (χ0v) is 15.0. The van der Waals surface area contributed by atoms with Gasteiger partial charge in [0.15, 0.2) is 0 Å². The fraction of sp³-hybridized carbons (Fsp3) is 0.235. The molecule has 0 aliphatic rings. The standard InChI is InChI=1S/C17H20ClFN4O2/c1-10-7-11(2)16(8-13(10)18)25-9-12-14(19)5-4-6-15(12)23(21)17(24)22(3)20/h4-8H,9,20-21H2,1-3H3. The van der Waals surface area contributed by atoms with Crippen molar-refractivity contribution < 1.29 is 13.9 Å². The number of aryl methyl sites for hydroxylation is 2. The zero-order chi connectivity index (χ0) is 18.7. The van der Waals surface area contributed by atoms with E-state index in [0.717, 1.165) is 21.1 Å². The minimum absolute atomic E-state index is 0.127. The van der Waals surface area contributed by atoms with Crippen LogP contribution in [-0.4, -0.2) is 18.1 Å². The first-order valence-electron chi connectivity index (χ1n) is 7.46. The summed E-state index contributed by atoms with van der Waals surface area (Å²) in [5.41, 5.74) is 2.08. The van der Waals surface area contributed by atoms with Gasteiger partial charge in [0.05, 0.1) is 11.3 Å². The number of hydrogen-bond donors (Lipinski definition) is 2. The summed E-state index contributed by atoms with van der Waals surface area (Å²) in [5, 5.41) is 2.13. The van der Waals surface area contributed by atoms with Gasteiger partial charge < -0.3 is 4.74 Å². The molecule has 0 bridgehead atoms. The van der Waals surface area contributed by atoms with Gasteiger partial charge in [0.2, 0.25) is 0 Å². The van der Waals surface area contributed by atoms with Gasteiger partial charge in [-0.25, -0.2) is 25.9 Å². The lowest BCUT2D eigenvalue weighted by Crippen LogP contribution is -2.49. The number of benzene rings is 2. The monoisotopic (exact) mass is 366 g/mol. The molecule has 0 saturated carbocycles. The molecular formula is C17H20ClFN4O2. The molecule has 2 rings (SSSR count). The molecule has 0 unspecified atom stereocenters. The maximum Gasteiger partial charge on any atom is 0.352 e. The van der Waals surface area contributed by atoms with Crippen molar-refractivity contribution in [3.63, 3.8) is 0 Å². The minimum Gasteiger partial charge on any atom is -0.488 e. The van der Waals surface area contributed by atoms with Gasteiger partial charge in [0, 0.05) is 12.1 Å². The molecule has 0 aromatic heterocycles. The normalized spacial score (nSPS) is 10.5. The molecular weight excluding hydrogens is 347 g/mol. The summed E-state index contributed by atoms with van der Waals surface area (Å²) in [6.45, 7) is 3.62. The van der Waals surface area contributed by atoms with Crippen LogP contribution in [0.4, 0.5) is 14.9 Å². The fourth-order valence-electron chi connectivity index (χ4n) is 2.30. The molecule has 6 nitrogen and oxygen atoms in total. The first-order valence-corrected chi connectivity index (χ1v) is 7.84. The summed E-state index contributed by atoms with van der Waals surface area (Å²) < 4.78 is 20.0. The zero-order valence-electron chi connectivity index (χ0n) is 14.2. The van der Waals surface area contributed by atoms with E-state index in [1.54, 1.807) is 6.07 Å². The summed E-state index contributed by atoms with van der Waals surface area (Å²) in [6.07, 6.45) is 0. The third-order valence-electron chi connectivity index (χ3n) is 3.69. The highest BCUT2D eigenvalue weighted by atomic mass is 35.5. The van der Waals surface area contributed by atoms with Crippen molar-refractivity contribution in [2.24, 2.45) is 11.7 Å². The third-order valence-corrected chi connectivity index (χ3v) is 4.10. The highest BCUT2D eigenvalue weighted by Crippen LogP contribution is 2.29. The highest BCUT2D eigenvalue weighted by Gasteiger charge is 2.20. The van der Waals surface area contributed by atoms with Crippen LogP contribution in [0.3, 0.4) is 0 Å². The molecule has 0 fully saturated rings. The molecule has 2 aromatic rings.